The molecule has 2 amide bonds. The Morgan fingerprint density at radius 3 is 2.48 bits per heavy atom. The van der Waals surface area contributed by atoms with E-state index in [0.717, 1.165) is 5.75 Å². The van der Waals surface area contributed by atoms with Crippen LogP contribution in [0.15, 0.2) is 70.9 Å². The summed E-state index contributed by atoms with van der Waals surface area (Å²) in [5.41, 5.74) is 2.20. The molecular formula is C21H20N2O2S2. The molecule has 0 saturated carbocycles. The van der Waals surface area contributed by atoms with Crippen LogP contribution in [0.2, 0.25) is 0 Å². The third-order valence-electron chi connectivity index (χ3n) is 3.84. The number of hydrogen-bond donors (Lipinski definition) is 2. The second-order valence-corrected chi connectivity index (χ2v) is 8.01. The highest BCUT2D eigenvalue weighted by Gasteiger charge is 2.14. The van der Waals surface area contributed by atoms with Gasteiger partial charge < -0.3 is 10.6 Å². The molecule has 0 aliphatic rings. The Kier molecular flexibility index (Phi) is 6.68. The second kappa shape index (κ2) is 9.39. The number of aryl methyl sites for hydroxylation is 1. The smallest absolute Gasteiger partial charge is 0.265 e. The van der Waals surface area contributed by atoms with Crippen LogP contribution < -0.4 is 10.6 Å². The monoisotopic (exact) mass is 396 g/mol. The summed E-state index contributed by atoms with van der Waals surface area (Å²) >= 11 is 3.06. The molecule has 4 nitrogen and oxygen atoms in total. The number of carbonyl (C=O) groups is 2. The number of nitrogens with one attached hydrogen (secondary N) is 2. The van der Waals surface area contributed by atoms with Crippen LogP contribution >= 0.6 is 23.1 Å². The zero-order valence-corrected chi connectivity index (χ0v) is 16.5. The largest absolute Gasteiger partial charge is 0.351 e. The molecule has 3 aromatic rings. The maximum Gasteiger partial charge on any atom is 0.265 e. The van der Waals surface area contributed by atoms with Crippen LogP contribution in [0.1, 0.15) is 25.6 Å². The van der Waals surface area contributed by atoms with E-state index in [-0.39, 0.29) is 11.8 Å². The predicted octanol–water partition coefficient (Wildman–Crippen LogP) is 4.83. The fourth-order valence-electron chi connectivity index (χ4n) is 2.44. The molecule has 0 saturated heterocycles. The van der Waals surface area contributed by atoms with Crippen molar-refractivity contribution in [2.75, 3.05) is 17.6 Å². The van der Waals surface area contributed by atoms with Crippen molar-refractivity contribution >= 4 is 40.6 Å². The summed E-state index contributed by atoms with van der Waals surface area (Å²) in [6, 6.07) is 18.9. The van der Waals surface area contributed by atoms with Crippen LogP contribution in [0, 0.1) is 6.92 Å². The Morgan fingerprint density at radius 2 is 1.74 bits per heavy atom. The van der Waals surface area contributed by atoms with Crippen molar-refractivity contribution in [1.82, 2.24) is 5.32 Å². The molecule has 3 rings (SSSR count). The lowest BCUT2D eigenvalue weighted by molar-refractivity contribution is 0.0957. The summed E-state index contributed by atoms with van der Waals surface area (Å²) in [6.07, 6.45) is 0. The first-order valence-corrected chi connectivity index (χ1v) is 10.4. The Labute approximate surface area is 167 Å². The quantitative estimate of drug-likeness (QED) is 0.444. The standard InChI is InChI=1S/C21H20N2O2S2/c1-15-8-10-16(11-9-15)26-14-12-22-20(24)17-5-2-3-6-18(17)23-21(25)19-7-4-13-27-19/h2-11,13H,12,14H2,1H3,(H,22,24)(H,23,25). The van der Waals surface area contributed by atoms with E-state index in [4.69, 9.17) is 0 Å². The van der Waals surface area contributed by atoms with Gasteiger partial charge in [-0.2, -0.15) is 0 Å². The molecule has 27 heavy (non-hydrogen) atoms. The number of carbonyl (C=O) groups excluding carboxylic acids is 2. The van der Waals surface area contributed by atoms with Crippen molar-refractivity contribution in [3.8, 4) is 0 Å². The normalized spacial score (nSPS) is 10.4. The van der Waals surface area contributed by atoms with Crippen LogP contribution in [0.4, 0.5) is 5.69 Å². The molecule has 0 unspecified atom stereocenters. The highest BCUT2D eigenvalue weighted by atomic mass is 32.2. The van der Waals surface area contributed by atoms with Gasteiger partial charge in [0.25, 0.3) is 11.8 Å². The zero-order valence-electron chi connectivity index (χ0n) is 14.9. The van der Waals surface area contributed by atoms with E-state index in [9.17, 15) is 9.59 Å². The molecule has 2 N–H and O–H groups in total. The van der Waals surface area contributed by atoms with Gasteiger partial charge in [0, 0.05) is 17.2 Å². The maximum atomic E-state index is 12.5. The number of anilines is 1. The van der Waals surface area contributed by atoms with E-state index in [1.165, 1.54) is 21.8 Å². The van der Waals surface area contributed by atoms with Gasteiger partial charge in [0.2, 0.25) is 0 Å². The summed E-state index contributed by atoms with van der Waals surface area (Å²) in [5.74, 6) is 0.375. The molecule has 138 valence electrons. The Balaban J connectivity index is 1.55. The SMILES string of the molecule is Cc1ccc(SCCNC(=O)c2ccccc2NC(=O)c2cccs2)cc1. The van der Waals surface area contributed by atoms with Crippen molar-refractivity contribution in [2.24, 2.45) is 0 Å². The lowest BCUT2D eigenvalue weighted by atomic mass is 10.1. The Bertz CT molecular complexity index is 906. The molecule has 0 bridgehead atoms. The van der Waals surface area contributed by atoms with E-state index in [2.05, 4.69) is 41.8 Å². The third-order valence-corrected chi connectivity index (χ3v) is 5.72. The lowest BCUT2D eigenvalue weighted by Crippen LogP contribution is -2.27. The van der Waals surface area contributed by atoms with Crippen LogP contribution in [0.5, 0.6) is 0 Å². The van der Waals surface area contributed by atoms with Gasteiger partial charge in [-0.25, -0.2) is 0 Å². The minimum atomic E-state index is -0.208. The van der Waals surface area contributed by atoms with Crippen LogP contribution in [-0.2, 0) is 0 Å². The minimum Gasteiger partial charge on any atom is -0.351 e. The first kappa shape index (κ1) is 19.2. The number of thioether (sulfide) groups is 1. The molecule has 0 spiro atoms. The summed E-state index contributed by atoms with van der Waals surface area (Å²) in [6.45, 7) is 2.61. The molecule has 0 atom stereocenters. The van der Waals surface area contributed by atoms with Crippen molar-refractivity contribution in [3.63, 3.8) is 0 Å². The Morgan fingerprint density at radius 1 is 0.963 bits per heavy atom. The molecular weight excluding hydrogens is 376 g/mol. The van der Waals surface area contributed by atoms with Crippen molar-refractivity contribution in [3.05, 3.63) is 82.0 Å². The van der Waals surface area contributed by atoms with Gasteiger partial charge in [-0.1, -0.05) is 35.9 Å². The molecule has 0 fully saturated rings. The number of benzene rings is 2. The Hall–Kier alpha value is -2.57. The molecule has 0 aliphatic carbocycles. The van der Waals surface area contributed by atoms with Gasteiger partial charge in [-0.05, 0) is 42.6 Å². The lowest BCUT2D eigenvalue weighted by Gasteiger charge is -2.11. The summed E-state index contributed by atoms with van der Waals surface area (Å²) in [5, 5.41) is 7.59. The van der Waals surface area contributed by atoms with E-state index >= 15 is 0 Å². The van der Waals surface area contributed by atoms with Gasteiger partial charge in [0.15, 0.2) is 0 Å². The fraction of sp³-hybridized carbons (Fsp3) is 0.143. The molecule has 0 aliphatic heterocycles. The van der Waals surface area contributed by atoms with Crippen molar-refractivity contribution in [1.29, 1.82) is 0 Å². The number of hydrogen-bond acceptors (Lipinski definition) is 4. The average molecular weight is 397 g/mol. The van der Waals surface area contributed by atoms with E-state index in [0.29, 0.717) is 22.7 Å². The highest BCUT2D eigenvalue weighted by Crippen LogP contribution is 2.19. The molecule has 6 heteroatoms. The van der Waals surface area contributed by atoms with E-state index in [1.807, 2.05) is 11.4 Å². The fourth-order valence-corrected chi connectivity index (χ4v) is 3.83. The van der Waals surface area contributed by atoms with Gasteiger partial charge in [-0.15, -0.1) is 23.1 Å². The highest BCUT2D eigenvalue weighted by molar-refractivity contribution is 7.99. The first-order chi connectivity index (χ1) is 13.1. The molecule has 2 aromatic carbocycles. The number of rotatable bonds is 7. The number of thiophene rings is 1. The van der Waals surface area contributed by atoms with Gasteiger partial charge in [-0.3, -0.25) is 9.59 Å². The van der Waals surface area contributed by atoms with E-state index < -0.39 is 0 Å². The van der Waals surface area contributed by atoms with Gasteiger partial charge in [0.1, 0.15) is 0 Å². The van der Waals surface area contributed by atoms with E-state index in [1.54, 1.807) is 42.1 Å². The first-order valence-electron chi connectivity index (χ1n) is 8.55. The van der Waals surface area contributed by atoms with Gasteiger partial charge >= 0.3 is 0 Å². The molecule has 1 heterocycles. The third kappa shape index (κ3) is 5.45. The van der Waals surface area contributed by atoms with Crippen LogP contribution in [-0.4, -0.2) is 24.1 Å². The minimum absolute atomic E-state index is 0.193. The topological polar surface area (TPSA) is 58.2 Å². The van der Waals surface area contributed by atoms with Crippen LogP contribution in [0.3, 0.4) is 0 Å². The van der Waals surface area contributed by atoms with Crippen LogP contribution in [0.25, 0.3) is 0 Å². The summed E-state index contributed by atoms with van der Waals surface area (Å²) in [7, 11) is 0. The van der Waals surface area contributed by atoms with Crippen molar-refractivity contribution in [2.45, 2.75) is 11.8 Å². The predicted molar refractivity (Wildman–Crippen MR) is 113 cm³/mol. The number of para-hydroxylation sites is 1. The van der Waals surface area contributed by atoms with Crippen molar-refractivity contribution < 1.29 is 9.59 Å². The summed E-state index contributed by atoms with van der Waals surface area (Å²) < 4.78 is 0. The zero-order chi connectivity index (χ0) is 19.1. The average Bonchev–Trinajstić information content (AvgIpc) is 3.22. The molecule has 1 aromatic heterocycles. The maximum absolute atomic E-state index is 12.5. The second-order valence-electron chi connectivity index (χ2n) is 5.89. The molecule has 0 radical (unpaired) electrons. The number of amides is 2. The van der Waals surface area contributed by atoms with Gasteiger partial charge in [0.05, 0.1) is 16.1 Å². The summed E-state index contributed by atoms with van der Waals surface area (Å²) in [4.78, 5) is 26.6.